The van der Waals surface area contributed by atoms with Crippen molar-refractivity contribution in [2.24, 2.45) is 0 Å². The Morgan fingerprint density at radius 2 is 1.48 bits per heavy atom. The van der Waals surface area contributed by atoms with E-state index >= 15 is 0 Å². The largest absolute Gasteiger partial charge is 0.449 e. The normalized spacial score (nSPS) is 23.6. The van der Waals surface area contributed by atoms with Crippen LogP contribution in [0.15, 0.2) is 48.5 Å². The fourth-order valence-corrected chi connectivity index (χ4v) is 5.71. The zero-order chi connectivity index (χ0) is 23.2. The first-order valence-corrected chi connectivity index (χ1v) is 11.9. The Bertz CT molecular complexity index is 1000. The molecule has 5 rings (SSSR count). The Morgan fingerprint density at radius 3 is 2.03 bits per heavy atom. The number of hydrogen-bond acceptors (Lipinski definition) is 4. The van der Waals surface area contributed by atoms with Crippen LogP contribution in [0.5, 0.6) is 0 Å². The second kappa shape index (κ2) is 8.40. The Labute approximate surface area is 195 Å². The van der Waals surface area contributed by atoms with Crippen molar-refractivity contribution >= 4 is 12.2 Å². The number of ether oxygens (including phenoxy) is 2. The monoisotopic (exact) mass is 448 g/mol. The summed E-state index contributed by atoms with van der Waals surface area (Å²) < 4.78 is 11.3. The van der Waals surface area contributed by atoms with E-state index in [-0.39, 0.29) is 36.2 Å². The summed E-state index contributed by atoms with van der Waals surface area (Å²) in [6.07, 6.45) is 2.75. The van der Waals surface area contributed by atoms with E-state index < -0.39 is 5.60 Å². The smallest absolute Gasteiger partial charge is 0.410 e. The van der Waals surface area contributed by atoms with Gasteiger partial charge in [-0.15, -0.1) is 0 Å². The van der Waals surface area contributed by atoms with Crippen molar-refractivity contribution in [1.29, 1.82) is 0 Å². The maximum absolute atomic E-state index is 12.7. The molecule has 174 valence electrons. The zero-order valence-electron chi connectivity index (χ0n) is 19.5. The third-order valence-electron chi connectivity index (χ3n) is 7.00. The summed E-state index contributed by atoms with van der Waals surface area (Å²) in [6, 6.07) is 16.9. The minimum absolute atomic E-state index is 0.0110. The second-order valence-electron chi connectivity index (χ2n) is 10.4. The summed E-state index contributed by atoms with van der Waals surface area (Å²) in [6.45, 7) is 5.97. The average Bonchev–Trinajstić information content (AvgIpc) is 3.23. The van der Waals surface area contributed by atoms with Gasteiger partial charge in [-0.05, 0) is 68.7 Å². The van der Waals surface area contributed by atoms with Crippen molar-refractivity contribution in [3.63, 3.8) is 0 Å². The lowest BCUT2D eigenvalue weighted by atomic mass is 9.97. The summed E-state index contributed by atoms with van der Waals surface area (Å²) in [7, 11) is 0. The van der Waals surface area contributed by atoms with Crippen LogP contribution in [0.2, 0.25) is 0 Å². The van der Waals surface area contributed by atoms with E-state index in [9.17, 15) is 9.59 Å². The molecule has 0 aromatic heterocycles. The predicted molar refractivity (Wildman–Crippen MR) is 126 cm³/mol. The van der Waals surface area contributed by atoms with E-state index in [1.807, 2.05) is 49.9 Å². The van der Waals surface area contributed by atoms with E-state index in [4.69, 9.17) is 9.47 Å². The summed E-state index contributed by atoms with van der Waals surface area (Å²) in [5, 5.41) is 3.06. The number of hydrogen-bond donors (Lipinski definition) is 1. The predicted octanol–water partition coefficient (Wildman–Crippen LogP) is 5.46. The van der Waals surface area contributed by atoms with Gasteiger partial charge in [-0.1, -0.05) is 48.5 Å². The van der Waals surface area contributed by atoms with E-state index in [2.05, 4.69) is 29.6 Å². The fourth-order valence-electron chi connectivity index (χ4n) is 5.71. The molecule has 2 aromatic rings. The molecule has 2 bridgehead atoms. The molecule has 1 N–H and O–H groups in total. The van der Waals surface area contributed by atoms with Crippen molar-refractivity contribution in [2.45, 2.75) is 76.1 Å². The maximum atomic E-state index is 12.7. The molecule has 2 aliphatic heterocycles. The SMILES string of the molecule is CC(C)(C)OC(=O)N1C2CCC1CC(NC(=O)OCC1c3ccccc3-c3ccccc31)C2. The Morgan fingerprint density at radius 1 is 0.939 bits per heavy atom. The molecule has 0 saturated carbocycles. The first kappa shape index (κ1) is 21.8. The van der Waals surface area contributed by atoms with Gasteiger partial charge in [-0.3, -0.25) is 0 Å². The number of alkyl carbamates (subject to hydrolysis) is 1. The first-order valence-electron chi connectivity index (χ1n) is 11.9. The third kappa shape index (κ3) is 4.31. The van der Waals surface area contributed by atoms with Gasteiger partial charge in [0.15, 0.2) is 0 Å². The van der Waals surface area contributed by atoms with Gasteiger partial charge in [0.05, 0.1) is 0 Å². The van der Waals surface area contributed by atoms with Crippen LogP contribution in [0.3, 0.4) is 0 Å². The van der Waals surface area contributed by atoms with Gasteiger partial charge in [-0.25, -0.2) is 9.59 Å². The highest BCUT2D eigenvalue weighted by atomic mass is 16.6. The van der Waals surface area contributed by atoms with Crippen molar-refractivity contribution in [3.8, 4) is 11.1 Å². The molecule has 6 nitrogen and oxygen atoms in total. The number of carbonyl (C=O) groups is 2. The summed E-state index contributed by atoms with van der Waals surface area (Å²) in [5.41, 5.74) is 4.33. The lowest BCUT2D eigenvalue weighted by Gasteiger charge is -2.39. The van der Waals surface area contributed by atoms with Gasteiger partial charge >= 0.3 is 12.2 Å². The van der Waals surface area contributed by atoms with E-state index in [1.165, 1.54) is 22.3 Å². The van der Waals surface area contributed by atoms with Gasteiger partial charge in [0, 0.05) is 24.0 Å². The van der Waals surface area contributed by atoms with Crippen LogP contribution in [-0.2, 0) is 9.47 Å². The lowest BCUT2D eigenvalue weighted by molar-refractivity contribution is 0.00480. The van der Waals surface area contributed by atoms with Gasteiger partial charge in [0.2, 0.25) is 0 Å². The molecule has 3 aliphatic rings. The molecule has 1 aliphatic carbocycles. The minimum Gasteiger partial charge on any atom is -0.449 e. The van der Waals surface area contributed by atoms with Crippen LogP contribution >= 0.6 is 0 Å². The van der Waals surface area contributed by atoms with E-state index in [0.29, 0.717) is 6.61 Å². The van der Waals surface area contributed by atoms with Gasteiger partial charge in [-0.2, -0.15) is 0 Å². The molecule has 2 aromatic carbocycles. The molecule has 2 atom stereocenters. The molecule has 6 heteroatoms. The molecule has 2 unspecified atom stereocenters. The van der Waals surface area contributed by atoms with Crippen LogP contribution in [0.25, 0.3) is 11.1 Å². The number of piperidine rings is 1. The van der Waals surface area contributed by atoms with Crippen LogP contribution in [-0.4, -0.2) is 47.4 Å². The van der Waals surface area contributed by atoms with Gasteiger partial charge in [0.1, 0.15) is 12.2 Å². The van der Waals surface area contributed by atoms with Crippen LogP contribution in [0.1, 0.15) is 63.5 Å². The van der Waals surface area contributed by atoms with E-state index in [1.54, 1.807) is 0 Å². The molecule has 2 saturated heterocycles. The lowest BCUT2D eigenvalue weighted by Crippen LogP contribution is -2.53. The van der Waals surface area contributed by atoms with Gasteiger partial charge < -0.3 is 19.7 Å². The second-order valence-corrected chi connectivity index (χ2v) is 10.4. The highest BCUT2D eigenvalue weighted by Gasteiger charge is 2.45. The summed E-state index contributed by atoms with van der Waals surface area (Å²) in [5.74, 6) is 0.0494. The van der Waals surface area contributed by atoms with Crippen molar-refractivity contribution < 1.29 is 19.1 Å². The first-order chi connectivity index (χ1) is 15.8. The molecule has 2 heterocycles. The zero-order valence-corrected chi connectivity index (χ0v) is 19.5. The Hall–Kier alpha value is -3.02. The van der Waals surface area contributed by atoms with Gasteiger partial charge in [0.25, 0.3) is 0 Å². The third-order valence-corrected chi connectivity index (χ3v) is 7.00. The fraction of sp³-hybridized carbons (Fsp3) is 0.481. The van der Waals surface area contributed by atoms with Crippen molar-refractivity contribution in [2.75, 3.05) is 6.61 Å². The van der Waals surface area contributed by atoms with Crippen LogP contribution in [0, 0.1) is 0 Å². The van der Waals surface area contributed by atoms with Crippen molar-refractivity contribution in [3.05, 3.63) is 59.7 Å². The molecule has 2 fully saturated rings. The standard InChI is InChI=1S/C27H32N2O4/c1-27(2,3)33-26(31)29-18-12-13-19(29)15-17(14-18)28-25(30)32-16-24-22-10-6-4-8-20(22)21-9-5-7-11-23(21)24/h4-11,17-19,24H,12-16H2,1-3H3,(H,28,30). The molecule has 33 heavy (non-hydrogen) atoms. The topological polar surface area (TPSA) is 67.9 Å². The molecular weight excluding hydrogens is 416 g/mol. The highest BCUT2D eigenvalue weighted by molar-refractivity contribution is 5.79. The number of nitrogens with one attached hydrogen (secondary N) is 1. The highest BCUT2D eigenvalue weighted by Crippen LogP contribution is 2.44. The number of fused-ring (bicyclic) bond motifs is 5. The maximum Gasteiger partial charge on any atom is 0.410 e. The van der Waals surface area contributed by atoms with Crippen molar-refractivity contribution in [1.82, 2.24) is 10.2 Å². The van der Waals surface area contributed by atoms with E-state index in [0.717, 1.165) is 25.7 Å². The summed E-state index contributed by atoms with van der Waals surface area (Å²) in [4.78, 5) is 27.2. The quantitative estimate of drug-likeness (QED) is 0.677. The minimum atomic E-state index is -0.507. The molecule has 0 radical (unpaired) electrons. The summed E-state index contributed by atoms with van der Waals surface area (Å²) >= 11 is 0. The molecular formula is C27H32N2O4. The Kier molecular flexibility index (Phi) is 5.55. The number of carbonyl (C=O) groups excluding carboxylic acids is 2. The number of nitrogens with zero attached hydrogens (tertiary/aromatic N) is 1. The number of amides is 2. The van der Waals surface area contributed by atoms with Crippen LogP contribution in [0.4, 0.5) is 9.59 Å². The number of benzene rings is 2. The van der Waals surface area contributed by atoms with Crippen LogP contribution < -0.4 is 5.32 Å². The number of rotatable bonds is 3. The molecule has 0 spiro atoms. The molecule has 2 amide bonds. The average molecular weight is 449 g/mol. The Balaban J connectivity index is 1.18.